The van der Waals surface area contributed by atoms with E-state index in [4.69, 9.17) is 10.5 Å². The van der Waals surface area contributed by atoms with Crippen LogP contribution in [0.1, 0.15) is 12.8 Å². The van der Waals surface area contributed by atoms with Crippen molar-refractivity contribution in [2.75, 3.05) is 12.3 Å². The quantitative estimate of drug-likeness (QED) is 0.911. The van der Waals surface area contributed by atoms with E-state index in [2.05, 4.69) is 26.1 Å². The molecule has 1 heterocycles. The van der Waals surface area contributed by atoms with Crippen molar-refractivity contribution in [2.45, 2.75) is 12.8 Å². The Kier molecular flexibility index (Phi) is 2.99. The molecule has 0 radical (unpaired) electrons. The average Bonchev–Trinajstić information content (AvgIpc) is 3.09. The van der Waals surface area contributed by atoms with Gasteiger partial charge in [0.2, 0.25) is 0 Å². The number of anilines is 1. The lowest BCUT2D eigenvalue weighted by Gasteiger charge is -2.12. The standard InChI is InChI=1S/C13H14BrN3O/c14-11-3-1-2-9(10-6-16-17-13(10)15)12(11)18-7-8-4-5-8/h1-3,6,8H,4-5,7H2,(H3,15,16,17). The number of nitrogens with zero attached hydrogens (tertiary/aromatic N) is 1. The zero-order valence-electron chi connectivity index (χ0n) is 9.82. The van der Waals surface area contributed by atoms with Crippen molar-refractivity contribution in [3.63, 3.8) is 0 Å². The number of nitrogens with one attached hydrogen (secondary N) is 1. The zero-order valence-corrected chi connectivity index (χ0v) is 11.4. The fraction of sp³-hybridized carbons (Fsp3) is 0.308. The summed E-state index contributed by atoms with van der Waals surface area (Å²) < 4.78 is 6.87. The molecule has 0 atom stereocenters. The number of para-hydroxylation sites is 1. The van der Waals surface area contributed by atoms with Gasteiger partial charge in [-0.2, -0.15) is 5.10 Å². The van der Waals surface area contributed by atoms with Crippen LogP contribution >= 0.6 is 15.9 Å². The molecule has 5 heteroatoms. The van der Waals surface area contributed by atoms with Gasteiger partial charge in [0.05, 0.1) is 17.3 Å². The van der Waals surface area contributed by atoms with Crippen LogP contribution in [0.2, 0.25) is 0 Å². The molecule has 94 valence electrons. The monoisotopic (exact) mass is 307 g/mol. The van der Waals surface area contributed by atoms with E-state index in [1.807, 2.05) is 18.2 Å². The molecule has 3 N–H and O–H groups in total. The molecule has 1 aromatic heterocycles. The van der Waals surface area contributed by atoms with Crippen molar-refractivity contribution in [3.8, 4) is 16.9 Å². The van der Waals surface area contributed by atoms with E-state index in [9.17, 15) is 0 Å². The number of hydrogen-bond acceptors (Lipinski definition) is 3. The molecular formula is C13H14BrN3O. The Hall–Kier alpha value is -1.49. The predicted octanol–water partition coefficient (Wildman–Crippen LogP) is 3.21. The first-order valence-corrected chi connectivity index (χ1v) is 6.75. The van der Waals surface area contributed by atoms with Crippen LogP contribution in [0.5, 0.6) is 5.75 Å². The van der Waals surface area contributed by atoms with Gasteiger partial charge in [0.25, 0.3) is 0 Å². The lowest BCUT2D eigenvalue weighted by molar-refractivity contribution is 0.299. The number of halogens is 1. The Morgan fingerprint density at radius 2 is 2.22 bits per heavy atom. The van der Waals surface area contributed by atoms with E-state index < -0.39 is 0 Å². The predicted molar refractivity (Wildman–Crippen MR) is 74.4 cm³/mol. The lowest BCUT2D eigenvalue weighted by atomic mass is 10.1. The van der Waals surface area contributed by atoms with Gasteiger partial charge in [0.1, 0.15) is 11.6 Å². The third-order valence-corrected chi connectivity index (χ3v) is 3.71. The van der Waals surface area contributed by atoms with Crippen molar-refractivity contribution in [2.24, 2.45) is 5.92 Å². The second-order valence-corrected chi connectivity index (χ2v) is 5.42. The average molecular weight is 308 g/mol. The summed E-state index contributed by atoms with van der Waals surface area (Å²) in [4.78, 5) is 0. The molecule has 0 bridgehead atoms. The van der Waals surface area contributed by atoms with E-state index >= 15 is 0 Å². The summed E-state index contributed by atoms with van der Waals surface area (Å²) in [6, 6.07) is 5.94. The van der Waals surface area contributed by atoms with Gasteiger partial charge >= 0.3 is 0 Å². The van der Waals surface area contributed by atoms with Crippen LogP contribution in [0.3, 0.4) is 0 Å². The number of nitrogen functional groups attached to an aromatic ring is 1. The first-order valence-electron chi connectivity index (χ1n) is 5.96. The maximum atomic E-state index is 5.93. The zero-order chi connectivity index (χ0) is 12.5. The summed E-state index contributed by atoms with van der Waals surface area (Å²) in [5.74, 6) is 2.12. The molecule has 1 saturated carbocycles. The van der Waals surface area contributed by atoms with Gasteiger partial charge in [-0.25, -0.2) is 0 Å². The number of rotatable bonds is 4. The summed E-state index contributed by atoms with van der Waals surface area (Å²) in [5, 5.41) is 6.70. The highest BCUT2D eigenvalue weighted by atomic mass is 79.9. The fourth-order valence-electron chi connectivity index (χ4n) is 1.86. The molecule has 4 nitrogen and oxygen atoms in total. The summed E-state index contributed by atoms with van der Waals surface area (Å²) in [5.41, 5.74) is 7.72. The van der Waals surface area contributed by atoms with Gasteiger partial charge in [0.15, 0.2) is 0 Å². The third kappa shape index (κ3) is 2.22. The van der Waals surface area contributed by atoms with Crippen LogP contribution in [0, 0.1) is 5.92 Å². The van der Waals surface area contributed by atoms with E-state index in [0.29, 0.717) is 11.7 Å². The van der Waals surface area contributed by atoms with E-state index in [0.717, 1.165) is 28.0 Å². The highest BCUT2D eigenvalue weighted by molar-refractivity contribution is 9.10. The third-order valence-electron chi connectivity index (χ3n) is 3.09. The molecule has 0 spiro atoms. The molecule has 0 saturated heterocycles. The number of nitrogens with two attached hydrogens (primary N) is 1. The van der Waals surface area contributed by atoms with Gasteiger partial charge in [-0.15, -0.1) is 0 Å². The van der Waals surface area contributed by atoms with Crippen molar-refractivity contribution >= 4 is 21.7 Å². The molecule has 18 heavy (non-hydrogen) atoms. The normalized spacial score (nSPS) is 14.7. The largest absolute Gasteiger partial charge is 0.491 e. The van der Waals surface area contributed by atoms with Gasteiger partial charge in [-0.3, -0.25) is 5.10 Å². The first kappa shape index (κ1) is 11.6. The summed E-state index contributed by atoms with van der Waals surface area (Å²) in [6.45, 7) is 0.771. The Labute approximate surface area is 114 Å². The fourth-order valence-corrected chi connectivity index (χ4v) is 2.34. The topological polar surface area (TPSA) is 63.9 Å². The van der Waals surface area contributed by atoms with E-state index in [-0.39, 0.29) is 0 Å². The van der Waals surface area contributed by atoms with E-state index in [1.165, 1.54) is 12.8 Å². The van der Waals surface area contributed by atoms with Crippen molar-refractivity contribution in [1.29, 1.82) is 0 Å². The van der Waals surface area contributed by atoms with Gasteiger partial charge < -0.3 is 10.5 Å². The highest BCUT2D eigenvalue weighted by Gasteiger charge is 2.23. The summed E-state index contributed by atoms with van der Waals surface area (Å²) in [7, 11) is 0. The summed E-state index contributed by atoms with van der Waals surface area (Å²) >= 11 is 3.53. The molecule has 1 aromatic carbocycles. The van der Waals surface area contributed by atoms with Crippen LogP contribution in [-0.4, -0.2) is 16.8 Å². The molecule has 0 aliphatic heterocycles. The Morgan fingerprint density at radius 1 is 1.39 bits per heavy atom. The number of H-pyrrole nitrogens is 1. The van der Waals surface area contributed by atoms with Crippen LogP contribution in [0.15, 0.2) is 28.9 Å². The van der Waals surface area contributed by atoms with Crippen LogP contribution in [0.25, 0.3) is 11.1 Å². The Balaban J connectivity index is 1.97. The van der Waals surface area contributed by atoms with Crippen LogP contribution in [-0.2, 0) is 0 Å². The molecule has 0 amide bonds. The van der Waals surface area contributed by atoms with Crippen molar-refractivity contribution in [1.82, 2.24) is 10.2 Å². The van der Waals surface area contributed by atoms with E-state index in [1.54, 1.807) is 6.20 Å². The van der Waals surface area contributed by atoms with Gasteiger partial charge in [-0.1, -0.05) is 12.1 Å². The van der Waals surface area contributed by atoms with Gasteiger partial charge in [0, 0.05) is 11.1 Å². The molecular weight excluding hydrogens is 294 g/mol. The number of benzene rings is 1. The van der Waals surface area contributed by atoms with Crippen LogP contribution < -0.4 is 10.5 Å². The maximum absolute atomic E-state index is 5.93. The number of ether oxygens (including phenoxy) is 1. The minimum absolute atomic E-state index is 0.560. The molecule has 0 unspecified atom stereocenters. The Morgan fingerprint density at radius 3 is 2.89 bits per heavy atom. The molecule has 1 aliphatic rings. The Bertz CT molecular complexity index is 563. The second-order valence-electron chi connectivity index (χ2n) is 4.57. The minimum atomic E-state index is 0.560. The minimum Gasteiger partial charge on any atom is -0.491 e. The van der Waals surface area contributed by atoms with Crippen molar-refractivity contribution < 1.29 is 4.74 Å². The molecule has 3 rings (SSSR count). The lowest BCUT2D eigenvalue weighted by Crippen LogP contribution is -2.01. The molecule has 1 aliphatic carbocycles. The second kappa shape index (κ2) is 4.65. The van der Waals surface area contributed by atoms with Crippen molar-refractivity contribution in [3.05, 3.63) is 28.9 Å². The highest BCUT2D eigenvalue weighted by Crippen LogP contribution is 2.39. The number of aromatic amines is 1. The molecule has 1 fully saturated rings. The number of hydrogen-bond donors (Lipinski definition) is 2. The maximum Gasteiger partial charge on any atom is 0.141 e. The smallest absolute Gasteiger partial charge is 0.141 e. The molecule has 2 aromatic rings. The van der Waals surface area contributed by atoms with Gasteiger partial charge in [-0.05, 0) is 40.8 Å². The summed E-state index contributed by atoms with van der Waals surface area (Å²) in [6.07, 6.45) is 4.27. The van der Waals surface area contributed by atoms with Crippen LogP contribution in [0.4, 0.5) is 5.82 Å². The number of aromatic nitrogens is 2. The first-order chi connectivity index (χ1) is 8.75. The SMILES string of the molecule is Nc1[nH]ncc1-c1cccc(Br)c1OCC1CC1.